The van der Waals surface area contributed by atoms with Gasteiger partial charge >= 0.3 is 5.69 Å². The van der Waals surface area contributed by atoms with Crippen LogP contribution in [0.5, 0.6) is 0 Å². The van der Waals surface area contributed by atoms with E-state index in [0.717, 1.165) is 0 Å². The molecular weight excluding hydrogens is 332 g/mol. The number of imidazole rings is 1. The van der Waals surface area contributed by atoms with Crippen LogP contribution < -0.4 is 16.7 Å². The zero-order valence-electron chi connectivity index (χ0n) is 12.2. The molecule has 0 saturated heterocycles. The Morgan fingerprint density at radius 2 is 1.88 bits per heavy atom. The first-order valence-corrected chi connectivity index (χ1v) is 8.49. The first-order chi connectivity index (χ1) is 11.4. The highest BCUT2D eigenvalue weighted by atomic mass is 32.2. The molecule has 8 nitrogen and oxygen atoms in total. The molecule has 1 aromatic heterocycles. The monoisotopic (exact) mass is 344 g/mol. The molecule has 2 heterocycles. The second-order valence-corrected chi connectivity index (χ2v) is 7.31. The Labute approximate surface area is 136 Å². The number of fused-ring (bicyclic) bond motifs is 2. The van der Waals surface area contributed by atoms with E-state index in [-0.39, 0.29) is 22.7 Å². The molecule has 0 spiro atoms. The number of aromatic amines is 1. The average Bonchev–Trinajstić information content (AvgIpc) is 3.03. The predicted molar refractivity (Wildman–Crippen MR) is 88.3 cm³/mol. The highest BCUT2D eigenvalue weighted by Gasteiger charge is 2.26. The van der Waals surface area contributed by atoms with Crippen LogP contribution in [-0.4, -0.2) is 23.3 Å². The van der Waals surface area contributed by atoms with Crippen molar-refractivity contribution >= 4 is 38.3 Å². The maximum Gasteiger partial charge on any atom is 0.340 e. The Hall–Kier alpha value is -3.07. The summed E-state index contributed by atoms with van der Waals surface area (Å²) in [5.74, 6) is -0.195. The van der Waals surface area contributed by atoms with Gasteiger partial charge in [-0.1, -0.05) is 0 Å². The SMILES string of the molecule is Nc1ccc2c(c1)[nH]c(=O)n2S(=O)(=O)c1ccc2c(c1)CC(=O)N2. The number of rotatable bonds is 2. The molecule has 0 radical (unpaired) electrons. The molecular formula is C15H12N4O4S. The minimum atomic E-state index is -4.11. The molecule has 0 unspecified atom stereocenters. The maximum atomic E-state index is 12.9. The van der Waals surface area contributed by atoms with Gasteiger partial charge in [-0.2, -0.15) is 3.97 Å². The van der Waals surface area contributed by atoms with Crippen LogP contribution in [0.15, 0.2) is 46.1 Å². The summed E-state index contributed by atoms with van der Waals surface area (Å²) in [7, 11) is -4.11. The molecule has 1 aliphatic rings. The summed E-state index contributed by atoms with van der Waals surface area (Å²) in [4.78, 5) is 26.0. The molecule has 9 heteroatoms. The van der Waals surface area contributed by atoms with E-state index in [9.17, 15) is 18.0 Å². The number of hydrogen-bond acceptors (Lipinski definition) is 5. The van der Waals surface area contributed by atoms with Crippen molar-refractivity contribution in [1.29, 1.82) is 0 Å². The lowest BCUT2D eigenvalue weighted by molar-refractivity contribution is -0.115. The Morgan fingerprint density at radius 3 is 2.67 bits per heavy atom. The minimum Gasteiger partial charge on any atom is -0.399 e. The van der Waals surface area contributed by atoms with Gasteiger partial charge in [0.15, 0.2) is 0 Å². The smallest absolute Gasteiger partial charge is 0.340 e. The Bertz CT molecular complexity index is 1170. The number of carbonyl (C=O) groups excluding carboxylic acids is 1. The lowest BCUT2D eigenvalue weighted by Gasteiger charge is -2.07. The van der Waals surface area contributed by atoms with E-state index in [1.165, 1.54) is 36.4 Å². The summed E-state index contributed by atoms with van der Waals surface area (Å²) in [5, 5.41) is 2.64. The number of amides is 1. The quantitative estimate of drug-likeness (QED) is 0.588. The second kappa shape index (κ2) is 4.71. The van der Waals surface area contributed by atoms with Crippen molar-refractivity contribution in [2.75, 3.05) is 11.1 Å². The van der Waals surface area contributed by atoms with Gasteiger partial charge in [-0.15, -0.1) is 0 Å². The highest BCUT2D eigenvalue weighted by molar-refractivity contribution is 7.90. The van der Waals surface area contributed by atoms with E-state index < -0.39 is 15.7 Å². The number of anilines is 2. The van der Waals surface area contributed by atoms with E-state index in [1.807, 2.05) is 0 Å². The summed E-state index contributed by atoms with van der Waals surface area (Å²) in [6.07, 6.45) is 0.109. The molecule has 4 rings (SSSR count). The van der Waals surface area contributed by atoms with Gasteiger partial charge in [0.25, 0.3) is 10.0 Å². The van der Waals surface area contributed by atoms with Crippen molar-refractivity contribution in [2.24, 2.45) is 0 Å². The number of nitrogens with zero attached hydrogens (tertiary/aromatic N) is 1. The molecule has 122 valence electrons. The van der Waals surface area contributed by atoms with Gasteiger partial charge in [0.2, 0.25) is 5.91 Å². The average molecular weight is 344 g/mol. The van der Waals surface area contributed by atoms with Crippen LogP contribution in [0.1, 0.15) is 5.56 Å². The second-order valence-electron chi connectivity index (χ2n) is 5.52. The van der Waals surface area contributed by atoms with Crippen molar-refractivity contribution in [2.45, 2.75) is 11.3 Å². The fourth-order valence-electron chi connectivity index (χ4n) is 2.82. The largest absolute Gasteiger partial charge is 0.399 e. The zero-order chi connectivity index (χ0) is 17.1. The van der Waals surface area contributed by atoms with Crippen molar-refractivity contribution in [3.8, 4) is 0 Å². The Balaban J connectivity index is 1.94. The lowest BCUT2D eigenvalue weighted by Crippen LogP contribution is -2.25. The Morgan fingerprint density at radius 1 is 1.08 bits per heavy atom. The van der Waals surface area contributed by atoms with Crippen LogP contribution in [0, 0.1) is 0 Å². The zero-order valence-corrected chi connectivity index (χ0v) is 13.1. The minimum absolute atomic E-state index is 0.0578. The fourth-order valence-corrected chi connectivity index (χ4v) is 4.24. The molecule has 0 atom stereocenters. The summed E-state index contributed by atoms with van der Waals surface area (Å²) < 4.78 is 26.5. The lowest BCUT2D eigenvalue weighted by atomic mass is 10.2. The van der Waals surface area contributed by atoms with Gasteiger partial charge in [0, 0.05) is 11.4 Å². The van der Waals surface area contributed by atoms with Gasteiger partial charge in [0.1, 0.15) is 0 Å². The molecule has 0 aliphatic carbocycles. The van der Waals surface area contributed by atoms with Crippen LogP contribution in [0.3, 0.4) is 0 Å². The first-order valence-electron chi connectivity index (χ1n) is 7.05. The van der Waals surface area contributed by atoms with Crippen molar-refractivity contribution in [1.82, 2.24) is 8.96 Å². The molecule has 1 amide bonds. The number of nitrogens with two attached hydrogens (primary N) is 1. The van der Waals surface area contributed by atoms with Crippen molar-refractivity contribution < 1.29 is 13.2 Å². The number of carbonyl (C=O) groups is 1. The maximum absolute atomic E-state index is 12.9. The summed E-state index contributed by atoms with van der Waals surface area (Å²) in [6.45, 7) is 0. The third kappa shape index (κ3) is 2.02. The predicted octanol–water partition coefficient (Wildman–Crippen LogP) is 0.643. The normalized spacial score (nSPS) is 13.9. The van der Waals surface area contributed by atoms with Crippen LogP contribution in [-0.2, 0) is 21.2 Å². The molecule has 0 bridgehead atoms. The number of aromatic nitrogens is 2. The van der Waals surface area contributed by atoms with Crippen LogP contribution in [0.4, 0.5) is 11.4 Å². The van der Waals surface area contributed by atoms with Crippen molar-refractivity contribution in [3.63, 3.8) is 0 Å². The standard InChI is InChI=1S/C15H12N4O4S/c16-9-1-4-13-12(7-9)18-15(21)19(13)24(22,23)10-2-3-11-8(5-10)6-14(20)17-11/h1-5,7H,6,16H2,(H,17,20)(H,18,21). The van der Waals surface area contributed by atoms with E-state index >= 15 is 0 Å². The van der Waals surface area contributed by atoms with Crippen LogP contribution >= 0.6 is 0 Å². The van der Waals surface area contributed by atoms with Crippen molar-refractivity contribution in [3.05, 3.63) is 52.4 Å². The molecule has 24 heavy (non-hydrogen) atoms. The van der Waals surface area contributed by atoms with E-state index in [4.69, 9.17) is 5.73 Å². The number of nitrogen functional groups attached to an aromatic ring is 1. The number of hydrogen-bond donors (Lipinski definition) is 3. The third-order valence-electron chi connectivity index (χ3n) is 3.91. The van der Waals surface area contributed by atoms with Gasteiger partial charge in [-0.05, 0) is 42.0 Å². The summed E-state index contributed by atoms with van der Waals surface area (Å²) >= 11 is 0. The summed E-state index contributed by atoms with van der Waals surface area (Å²) in [6, 6.07) is 8.78. The number of H-pyrrole nitrogens is 1. The number of benzene rings is 2. The van der Waals surface area contributed by atoms with Crippen LogP contribution in [0.25, 0.3) is 11.0 Å². The Kier molecular flexibility index (Phi) is 2.85. The first kappa shape index (κ1) is 14.5. The number of nitrogens with one attached hydrogen (secondary N) is 2. The topological polar surface area (TPSA) is 127 Å². The van der Waals surface area contributed by atoms with E-state index in [0.29, 0.717) is 26.4 Å². The molecule has 1 aliphatic heterocycles. The van der Waals surface area contributed by atoms with Gasteiger partial charge in [-0.25, -0.2) is 13.2 Å². The third-order valence-corrected chi connectivity index (χ3v) is 5.60. The molecule has 3 aromatic rings. The fraction of sp³-hybridized carbons (Fsp3) is 0.0667. The highest BCUT2D eigenvalue weighted by Crippen LogP contribution is 2.27. The molecule has 2 aromatic carbocycles. The van der Waals surface area contributed by atoms with Gasteiger partial charge in [-0.3, -0.25) is 4.79 Å². The van der Waals surface area contributed by atoms with Gasteiger partial charge in [0.05, 0.1) is 22.3 Å². The van der Waals surface area contributed by atoms with Crippen LogP contribution in [0.2, 0.25) is 0 Å². The van der Waals surface area contributed by atoms with Gasteiger partial charge < -0.3 is 16.0 Å². The molecule has 4 N–H and O–H groups in total. The summed E-state index contributed by atoms with van der Waals surface area (Å²) in [5.41, 5.74) is 7.01. The molecule has 0 fully saturated rings. The van der Waals surface area contributed by atoms with E-state index in [2.05, 4.69) is 10.3 Å². The van der Waals surface area contributed by atoms with E-state index in [1.54, 1.807) is 0 Å². The molecule has 0 saturated carbocycles.